The van der Waals surface area contributed by atoms with E-state index in [0.29, 0.717) is 12.1 Å². The minimum Gasteiger partial charge on any atom is -0.490 e. The second-order valence-corrected chi connectivity index (χ2v) is 6.98. The summed E-state index contributed by atoms with van der Waals surface area (Å²) in [6, 6.07) is 17.1. The van der Waals surface area contributed by atoms with E-state index < -0.39 is 0 Å². The maximum absolute atomic E-state index is 6.20. The first kappa shape index (κ1) is 15.5. The Bertz CT molecular complexity index is 677. The number of aryl methyl sites for hydroxylation is 1. The Morgan fingerprint density at radius 3 is 2.50 bits per heavy atom. The molecule has 2 aliphatic rings. The minimum absolute atomic E-state index is 0.158. The van der Waals surface area contributed by atoms with Crippen LogP contribution in [0.3, 0.4) is 0 Å². The fraction of sp³-hybridized carbons (Fsp3) is 0.429. The summed E-state index contributed by atoms with van der Waals surface area (Å²) >= 11 is 0. The van der Waals surface area contributed by atoms with E-state index in [4.69, 9.17) is 15.2 Å². The van der Waals surface area contributed by atoms with Crippen LogP contribution in [0.5, 0.6) is 11.5 Å². The van der Waals surface area contributed by atoms with Gasteiger partial charge < -0.3 is 15.2 Å². The van der Waals surface area contributed by atoms with Gasteiger partial charge in [0, 0.05) is 6.04 Å². The van der Waals surface area contributed by atoms with Gasteiger partial charge in [0.05, 0.1) is 6.10 Å². The maximum atomic E-state index is 6.20. The number of nitrogens with two attached hydrogens (primary N) is 1. The molecule has 4 rings (SSSR count). The summed E-state index contributed by atoms with van der Waals surface area (Å²) in [4.78, 5) is 0. The minimum atomic E-state index is 0.158. The molecule has 1 heterocycles. The van der Waals surface area contributed by atoms with Gasteiger partial charge in [-0.1, -0.05) is 30.3 Å². The van der Waals surface area contributed by atoms with Crippen LogP contribution in [0.15, 0.2) is 48.5 Å². The van der Waals surface area contributed by atoms with Crippen molar-refractivity contribution in [1.29, 1.82) is 0 Å². The van der Waals surface area contributed by atoms with Crippen LogP contribution in [0.2, 0.25) is 0 Å². The first-order valence-electron chi connectivity index (χ1n) is 9.05. The van der Waals surface area contributed by atoms with Crippen molar-refractivity contribution in [3.05, 3.63) is 59.7 Å². The van der Waals surface area contributed by atoms with E-state index in [2.05, 4.69) is 36.4 Å². The highest BCUT2D eigenvalue weighted by atomic mass is 16.5. The first-order chi connectivity index (χ1) is 11.8. The summed E-state index contributed by atoms with van der Waals surface area (Å²) in [5.41, 5.74) is 8.48. The van der Waals surface area contributed by atoms with Gasteiger partial charge in [-0.05, 0) is 67.9 Å². The molecule has 0 unspecified atom stereocenters. The van der Waals surface area contributed by atoms with Crippen LogP contribution in [-0.2, 0) is 6.42 Å². The van der Waals surface area contributed by atoms with Crippen LogP contribution >= 0.6 is 0 Å². The van der Waals surface area contributed by atoms with Crippen LogP contribution in [0.4, 0.5) is 0 Å². The Labute approximate surface area is 143 Å². The Hall–Kier alpha value is -2.00. The molecule has 0 aromatic heterocycles. The highest BCUT2D eigenvalue weighted by Gasteiger charge is 2.23. The van der Waals surface area contributed by atoms with E-state index in [9.17, 15) is 0 Å². The highest BCUT2D eigenvalue weighted by molar-refractivity contribution is 5.42. The van der Waals surface area contributed by atoms with Crippen molar-refractivity contribution in [2.75, 3.05) is 0 Å². The highest BCUT2D eigenvalue weighted by Crippen LogP contribution is 2.37. The lowest BCUT2D eigenvalue weighted by molar-refractivity contribution is 0.145. The third-order valence-corrected chi connectivity index (χ3v) is 5.17. The summed E-state index contributed by atoms with van der Waals surface area (Å²) < 4.78 is 12.4. The van der Waals surface area contributed by atoms with Crippen molar-refractivity contribution in [2.45, 2.75) is 56.8 Å². The van der Waals surface area contributed by atoms with Gasteiger partial charge in [-0.15, -0.1) is 0 Å². The Balaban J connectivity index is 1.43. The topological polar surface area (TPSA) is 44.5 Å². The molecule has 24 heavy (non-hydrogen) atoms. The van der Waals surface area contributed by atoms with Crippen LogP contribution < -0.4 is 15.2 Å². The summed E-state index contributed by atoms with van der Waals surface area (Å²) in [5, 5.41) is 0. The van der Waals surface area contributed by atoms with Gasteiger partial charge in [0.15, 0.2) is 0 Å². The molecule has 1 aliphatic carbocycles. The molecule has 0 radical (unpaired) electrons. The van der Waals surface area contributed by atoms with E-state index in [1.165, 1.54) is 11.1 Å². The molecule has 0 spiro atoms. The molecule has 1 aliphatic heterocycles. The lowest BCUT2D eigenvalue weighted by atomic mass is 9.93. The standard InChI is InChI=1S/C21H25NO2/c22-17-7-9-18(10-8-17)23-19-11-13-21-16(14-19)6-12-20(24-21)15-4-2-1-3-5-15/h1-5,11,13-14,17-18,20H,6-10,12,22H2/t17?,18?,20-/m0/s1. The van der Waals surface area contributed by atoms with Crippen molar-refractivity contribution >= 4 is 0 Å². The van der Waals surface area contributed by atoms with Crippen molar-refractivity contribution in [2.24, 2.45) is 5.73 Å². The van der Waals surface area contributed by atoms with E-state index in [1.54, 1.807) is 0 Å². The maximum Gasteiger partial charge on any atom is 0.124 e. The average Bonchev–Trinajstić information content (AvgIpc) is 2.64. The van der Waals surface area contributed by atoms with E-state index in [1.807, 2.05) is 12.1 Å². The van der Waals surface area contributed by atoms with Crippen LogP contribution in [0.25, 0.3) is 0 Å². The zero-order valence-corrected chi connectivity index (χ0v) is 14.0. The van der Waals surface area contributed by atoms with Crippen molar-refractivity contribution in [3.8, 4) is 11.5 Å². The molecule has 0 saturated heterocycles. The lowest BCUT2D eigenvalue weighted by Gasteiger charge is -2.29. The van der Waals surface area contributed by atoms with Crippen LogP contribution in [0.1, 0.15) is 49.3 Å². The quantitative estimate of drug-likeness (QED) is 0.910. The van der Waals surface area contributed by atoms with E-state index in [0.717, 1.165) is 50.0 Å². The predicted octanol–water partition coefficient (Wildman–Crippen LogP) is 4.40. The number of ether oxygens (including phenoxy) is 2. The monoisotopic (exact) mass is 323 g/mol. The molecule has 0 bridgehead atoms. The smallest absolute Gasteiger partial charge is 0.124 e. The van der Waals surface area contributed by atoms with Gasteiger partial charge in [0.1, 0.15) is 17.6 Å². The number of benzene rings is 2. The van der Waals surface area contributed by atoms with Crippen molar-refractivity contribution in [3.63, 3.8) is 0 Å². The molecular weight excluding hydrogens is 298 g/mol. The predicted molar refractivity (Wildman–Crippen MR) is 95.4 cm³/mol. The zero-order chi connectivity index (χ0) is 16.4. The molecule has 3 heteroatoms. The largest absolute Gasteiger partial charge is 0.490 e. The summed E-state index contributed by atoms with van der Waals surface area (Å²) in [5.74, 6) is 1.96. The van der Waals surface area contributed by atoms with Gasteiger partial charge >= 0.3 is 0 Å². The molecule has 2 aromatic rings. The molecule has 0 amide bonds. The lowest BCUT2D eigenvalue weighted by Crippen LogP contribution is -2.31. The second kappa shape index (κ2) is 6.86. The first-order valence-corrected chi connectivity index (χ1v) is 9.05. The molecule has 1 atom stereocenters. The van der Waals surface area contributed by atoms with Crippen molar-refractivity contribution < 1.29 is 9.47 Å². The SMILES string of the molecule is NC1CCC(Oc2ccc3c(c2)CC[C@@H](c2ccccc2)O3)CC1. The van der Waals surface area contributed by atoms with Gasteiger partial charge in [-0.2, -0.15) is 0 Å². The molecule has 2 N–H and O–H groups in total. The van der Waals surface area contributed by atoms with Crippen LogP contribution in [-0.4, -0.2) is 12.1 Å². The van der Waals surface area contributed by atoms with Gasteiger partial charge in [0.2, 0.25) is 0 Å². The fourth-order valence-electron chi connectivity index (χ4n) is 3.74. The normalized spacial score (nSPS) is 26.3. The molecule has 1 fully saturated rings. The molecule has 1 saturated carbocycles. The fourth-order valence-corrected chi connectivity index (χ4v) is 3.74. The molecule has 3 nitrogen and oxygen atoms in total. The Kier molecular flexibility index (Phi) is 4.44. The molecule has 126 valence electrons. The Morgan fingerprint density at radius 2 is 1.71 bits per heavy atom. The average molecular weight is 323 g/mol. The van der Waals surface area contributed by atoms with Gasteiger partial charge in [0.25, 0.3) is 0 Å². The summed E-state index contributed by atoms with van der Waals surface area (Å²) in [6.45, 7) is 0. The number of rotatable bonds is 3. The molecule has 2 aromatic carbocycles. The number of fused-ring (bicyclic) bond motifs is 1. The van der Waals surface area contributed by atoms with Gasteiger partial charge in [-0.3, -0.25) is 0 Å². The number of hydrogen-bond acceptors (Lipinski definition) is 3. The zero-order valence-electron chi connectivity index (χ0n) is 14.0. The second-order valence-electron chi connectivity index (χ2n) is 6.98. The summed E-state index contributed by atoms with van der Waals surface area (Å²) in [7, 11) is 0. The third kappa shape index (κ3) is 3.41. The van der Waals surface area contributed by atoms with Crippen LogP contribution in [0, 0.1) is 0 Å². The molecular formula is C21H25NO2. The van der Waals surface area contributed by atoms with E-state index >= 15 is 0 Å². The van der Waals surface area contributed by atoms with E-state index in [-0.39, 0.29) is 6.10 Å². The summed E-state index contributed by atoms with van der Waals surface area (Å²) in [6.07, 6.45) is 6.76. The third-order valence-electron chi connectivity index (χ3n) is 5.17. The Morgan fingerprint density at radius 1 is 0.917 bits per heavy atom. The number of hydrogen-bond donors (Lipinski definition) is 1. The van der Waals surface area contributed by atoms with Crippen molar-refractivity contribution in [1.82, 2.24) is 0 Å². The van der Waals surface area contributed by atoms with Gasteiger partial charge in [-0.25, -0.2) is 0 Å².